The van der Waals surface area contributed by atoms with Gasteiger partial charge in [0.25, 0.3) is 11.8 Å². The molecule has 0 aliphatic heterocycles. The third-order valence-electron chi connectivity index (χ3n) is 4.64. The minimum atomic E-state index is -0.438. The molecule has 2 N–H and O–H groups in total. The lowest BCUT2D eigenvalue weighted by atomic mass is 10.2. The zero-order valence-electron chi connectivity index (χ0n) is 17.9. The van der Waals surface area contributed by atoms with E-state index in [2.05, 4.69) is 10.6 Å². The van der Waals surface area contributed by atoms with Gasteiger partial charge in [0.05, 0.1) is 10.6 Å². The number of carbonyl (C=O) groups excluding carboxylic acids is 3. The van der Waals surface area contributed by atoms with E-state index in [1.807, 2.05) is 58.6 Å². The second-order valence-electron chi connectivity index (χ2n) is 7.11. The second-order valence-corrected chi connectivity index (χ2v) is 9.88. The summed E-state index contributed by atoms with van der Waals surface area (Å²) in [5.41, 5.74) is 1.99. The fourth-order valence-electron chi connectivity index (χ4n) is 2.99. The highest BCUT2D eigenvalue weighted by Gasteiger charge is 2.15. The first-order valence-corrected chi connectivity index (χ1v) is 13.1. The van der Waals surface area contributed by atoms with Crippen LogP contribution in [0.15, 0.2) is 99.5 Å². The Kier molecular flexibility index (Phi) is 8.08. The van der Waals surface area contributed by atoms with Crippen LogP contribution in [0.25, 0.3) is 6.08 Å². The number of thioether (sulfide) groups is 1. The molecule has 0 saturated carbocycles. The molecule has 2 aromatic carbocycles. The summed E-state index contributed by atoms with van der Waals surface area (Å²) >= 11 is 4.34. The quantitative estimate of drug-likeness (QED) is 0.162. The van der Waals surface area contributed by atoms with E-state index in [1.54, 1.807) is 36.4 Å². The number of anilines is 1. The smallest absolute Gasteiger partial charge is 0.272 e. The van der Waals surface area contributed by atoms with Gasteiger partial charge in [-0.1, -0.05) is 30.3 Å². The van der Waals surface area contributed by atoms with Crippen molar-refractivity contribution >= 4 is 63.8 Å². The van der Waals surface area contributed by atoms with Crippen molar-refractivity contribution in [3.63, 3.8) is 0 Å². The van der Waals surface area contributed by atoms with Crippen molar-refractivity contribution in [2.75, 3.05) is 11.1 Å². The summed E-state index contributed by atoms with van der Waals surface area (Å²) in [6.45, 7) is 0. The largest absolute Gasteiger partial charge is 0.321 e. The number of Topliss-reactive ketones (excluding diaryl/α,β-unsaturated/α-hetero) is 1. The van der Waals surface area contributed by atoms with Crippen molar-refractivity contribution in [3.05, 3.63) is 111 Å². The van der Waals surface area contributed by atoms with E-state index in [0.717, 1.165) is 15.3 Å². The van der Waals surface area contributed by atoms with E-state index in [9.17, 15) is 14.4 Å². The van der Waals surface area contributed by atoms with Gasteiger partial charge >= 0.3 is 0 Å². The summed E-state index contributed by atoms with van der Waals surface area (Å²) < 4.78 is 0. The highest BCUT2D eigenvalue weighted by atomic mass is 32.2. The lowest BCUT2D eigenvalue weighted by molar-refractivity contribution is -0.113. The fraction of sp³-hybridized carbons (Fsp3) is 0.0385. The summed E-state index contributed by atoms with van der Waals surface area (Å²) in [6, 6.07) is 21.6. The van der Waals surface area contributed by atoms with Crippen LogP contribution in [0, 0.1) is 0 Å². The van der Waals surface area contributed by atoms with Gasteiger partial charge in [-0.15, -0.1) is 23.1 Å². The second kappa shape index (κ2) is 11.6. The predicted molar refractivity (Wildman–Crippen MR) is 141 cm³/mol. The Balaban J connectivity index is 1.46. The Bertz CT molecular complexity index is 1300. The Labute approximate surface area is 209 Å². The average molecular weight is 505 g/mol. The Hall–Kier alpha value is -3.46. The molecule has 4 rings (SSSR count). The van der Waals surface area contributed by atoms with Crippen LogP contribution in [-0.4, -0.2) is 23.4 Å². The van der Waals surface area contributed by atoms with Gasteiger partial charge in [0.15, 0.2) is 5.78 Å². The summed E-state index contributed by atoms with van der Waals surface area (Å²) in [7, 11) is 0. The highest BCUT2D eigenvalue weighted by molar-refractivity contribution is 8.00. The number of hydrogen-bond acceptors (Lipinski definition) is 6. The zero-order valence-corrected chi connectivity index (χ0v) is 20.3. The van der Waals surface area contributed by atoms with Crippen LogP contribution >= 0.6 is 34.4 Å². The van der Waals surface area contributed by atoms with Crippen molar-refractivity contribution < 1.29 is 14.4 Å². The highest BCUT2D eigenvalue weighted by Crippen LogP contribution is 2.24. The molecule has 0 aliphatic carbocycles. The number of rotatable bonds is 9. The summed E-state index contributed by atoms with van der Waals surface area (Å²) in [5.74, 6) is -0.422. The number of ketones is 1. The molecule has 8 heteroatoms. The van der Waals surface area contributed by atoms with Crippen molar-refractivity contribution in [1.82, 2.24) is 5.32 Å². The standard InChI is InChI=1S/C26H20N2O3S3/c29-23(24-10-5-12-33-24)17-34-21-9-4-8-20(15-21)27-26(31)22(14-18-11-13-32-16-18)28-25(30)19-6-2-1-3-7-19/h1-16H,17H2,(H,27,31)(H,28,30)/b22-14-. The summed E-state index contributed by atoms with van der Waals surface area (Å²) in [6.07, 6.45) is 1.64. The molecule has 0 atom stereocenters. The zero-order chi connectivity index (χ0) is 23.8. The lowest BCUT2D eigenvalue weighted by Crippen LogP contribution is -2.30. The van der Waals surface area contributed by atoms with Crippen molar-refractivity contribution in [2.45, 2.75) is 4.90 Å². The van der Waals surface area contributed by atoms with Gasteiger partial charge in [-0.3, -0.25) is 14.4 Å². The first-order valence-electron chi connectivity index (χ1n) is 10.3. The average Bonchev–Trinajstić information content (AvgIpc) is 3.57. The van der Waals surface area contributed by atoms with E-state index in [0.29, 0.717) is 17.0 Å². The minimum Gasteiger partial charge on any atom is -0.321 e. The van der Waals surface area contributed by atoms with Gasteiger partial charge in [0.1, 0.15) is 5.70 Å². The SMILES string of the molecule is O=C(Nc1cccc(SCC(=O)c2cccs2)c1)/C(=C/c1ccsc1)NC(=O)c1ccccc1. The van der Waals surface area contributed by atoms with Crippen LogP contribution in [0.2, 0.25) is 0 Å². The molecule has 5 nitrogen and oxygen atoms in total. The van der Waals surface area contributed by atoms with Gasteiger partial charge in [0.2, 0.25) is 0 Å². The molecule has 0 fully saturated rings. The number of nitrogens with one attached hydrogen (secondary N) is 2. The number of thiophene rings is 2. The molecule has 2 amide bonds. The van der Waals surface area contributed by atoms with Crippen molar-refractivity contribution in [3.8, 4) is 0 Å². The molecule has 0 spiro atoms. The monoisotopic (exact) mass is 504 g/mol. The van der Waals surface area contributed by atoms with Crippen molar-refractivity contribution in [1.29, 1.82) is 0 Å². The maximum atomic E-state index is 13.1. The minimum absolute atomic E-state index is 0.0686. The van der Waals surface area contributed by atoms with Gasteiger partial charge in [0, 0.05) is 16.1 Å². The summed E-state index contributed by atoms with van der Waals surface area (Å²) in [5, 5.41) is 11.3. The van der Waals surface area contributed by atoms with Gasteiger partial charge in [-0.2, -0.15) is 11.3 Å². The molecular weight excluding hydrogens is 484 g/mol. The predicted octanol–water partition coefficient (Wildman–Crippen LogP) is 6.19. The molecule has 0 bridgehead atoms. The first-order chi connectivity index (χ1) is 16.6. The van der Waals surface area contributed by atoms with Crippen LogP contribution in [-0.2, 0) is 4.79 Å². The Morgan fingerprint density at radius 3 is 2.50 bits per heavy atom. The molecule has 0 radical (unpaired) electrons. The van der Waals surface area contributed by atoms with Crippen LogP contribution in [0.4, 0.5) is 5.69 Å². The topological polar surface area (TPSA) is 75.3 Å². The Morgan fingerprint density at radius 1 is 0.912 bits per heavy atom. The van der Waals surface area contributed by atoms with E-state index in [1.165, 1.54) is 34.4 Å². The van der Waals surface area contributed by atoms with Crippen molar-refractivity contribution in [2.24, 2.45) is 0 Å². The van der Waals surface area contributed by atoms with E-state index in [4.69, 9.17) is 0 Å². The number of hydrogen-bond donors (Lipinski definition) is 2. The third kappa shape index (κ3) is 6.54. The van der Waals surface area contributed by atoms with E-state index >= 15 is 0 Å². The van der Waals surface area contributed by atoms with Crippen LogP contribution < -0.4 is 10.6 Å². The van der Waals surface area contributed by atoms with Crippen LogP contribution in [0.3, 0.4) is 0 Å². The molecule has 0 unspecified atom stereocenters. The van der Waals surface area contributed by atoms with Crippen LogP contribution in [0.5, 0.6) is 0 Å². The molecule has 2 heterocycles. The third-order valence-corrected chi connectivity index (χ3v) is 7.25. The summed E-state index contributed by atoms with van der Waals surface area (Å²) in [4.78, 5) is 39.6. The van der Waals surface area contributed by atoms with E-state index in [-0.39, 0.29) is 17.4 Å². The maximum absolute atomic E-state index is 13.1. The normalized spacial score (nSPS) is 11.1. The number of benzene rings is 2. The molecule has 0 saturated heterocycles. The lowest BCUT2D eigenvalue weighted by Gasteiger charge is -2.12. The number of amides is 2. The fourth-order valence-corrected chi connectivity index (χ4v) is 5.20. The Morgan fingerprint density at radius 2 is 1.76 bits per heavy atom. The first kappa shape index (κ1) is 23.7. The number of carbonyl (C=O) groups is 3. The molecule has 2 aromatic heterocycles. The molecule has 170 valence electrons. The molecular formula is C26H20N2O3S3. The van der Waals surface area contributed by atoms with Gasteiger partial charge in [-0.05, 0) is 70.2 Å². The van der Waals surface area contributed by atoms with E-state index < -0.39 is 5.91 Å². The molecule has 0 aliphatic rings. The molecule has 4 aromatic rings. The van der Waals surface area contributed by atoms with Gasteiger partial charge < -0.3 is 10.6 Å². The van der Waals surface area contributed by atoms with Crippen LogP contribution in [0.1, 0.15) is 25.6 Å². The maximum Gasteiger partial charge on any atom is 0.272 e. The molecule has 34 heavy (non-hydrogen) atoms. The van der Waals surface area contributed by atoms with Gasteiger partial charge in [-0.25, -0.2) is 0 Å².